The summed E-state index contributed by atoms with van der Waals surface area (Å²) >= 11 is 5.75. The van der Waals surface area contributed by atoms with E-state index in [-0.39, 0.29) is 35.4 Å². The summed E-state index contributed by atoms with van der Waals surface area (Å²) in [5.41, 5.74) is 0.272. The van der Waals surface area contributed by atoms with Crippen molar-refractivity contribution in [3.63, 3.8) is 0 Å². The molecule has 0 bridgehead atoms. The molecule has 0 saturated carbocycles. The van der Waals surface area contributed by atoms with Crippen LogP contribution in [0.2, 0.25) is 5.02 Å². The first-order valence-corrected chi connectivity index (χ1v) is 6.70. The standard InChI is InChI=1S/C13H15ClF4N2.2ClH/c14-10-5-9(6-11(15)7-10)12(8-13(16,17)18)20-3-1-19-2-4-20;;/h5-7,12,19H,1-4,8H2;2*1H/t12-;;/m1../s1. The molecule has 1 N–H and O–H groups in total. The fraction of sp³-hybridized carbons (Fsp3) is 0.538. The summed E-state index contributed by atoms with van der Waals surface area (Å²) < 4.78 is 51.7. The zero-order valence-electron chi connectivity index (χ0n) is 11.5. The van der Waals surface area contributed by atoms with Crippen LogP contribution in [0.1, 0.15) is 18.0 Å². The minimum Gasteiger partial charge on any atom is -0.314 e. The van der Waals surface area contributed by atoms with Crippen molar-refractivity contribution >= 4 is 36.4 Å². The predicted molar refractivity (Wildman–Crippen MR) is 83.8 cm³/mol. The van der Waals surface area contributed by atoms with Gasteiger partial charge in [0.05, 0.1) is 6.42 Å². The number of benzene rings is 1. The van der Waals surface area contributed by atoms with Crippen LogP contribution in [0.25, 0.3) is 0 Å². The molecule has 9 heteroatoms. The van der Waals surface area contributed by atoms with E-state index in [9.17, 15) is 17.6 Å². The van der Waals surface area contributed by atoms with Gasteiger partial charge in [-0.25, -0.2) is 4.39 Å². The molecule has 1 aliphatic heterocycles. The Kier molecular flexibility index (Phi) is 9.02. The summed E-state index contributed by atoms with van der Waals surface area (Å²) in [5, 5.41) is 3.20. The minimum atomic E-state index is -4.31. The molecule has 1 saturated heterocycles. The largest absolute Gasteiger partial charge is 0.390 e. The minimum absolute atomic E-state index is 0. The van der Waals surface area contributed by atoms with Gasteiger partial charge in [0.15, 0.2) is 0 Å². The van der Waals surface area contributed by atoms with Crippen molar-refractivity contribution in [3.8, 4) is 0 Å². The smallest absolute Gasteiger partial charge is 0.314 e. The molecule has 0 aromatic heterocycles. The third kappa shape index (κ3) is 6.46. The number of alkyl halides is 3. The number of rotatable bonds is 3. The summed E-state index contributed by atoms with van der Waals surface area (Å²) in [4.78, 5) is 1.72. The quantitative estimate of drug-likeness (QED) is 0.786. The van der Waals surface area contributed by atoms with E-state index in [1.54, 1.807) is 4.90 Å². The number of piperazine rings is 1. The zero-order valence-corrected chi connectivity index (χ0v) is 13.9. The van der Waals surface area contributed by atoms with Crippen LogP contribution in [0.5, 0.6) is 0 Å². The second-order valence-electron chi connectivity index (χ2n) is 4.82. The molecule has 1 aromatic rings. The molecule has 22 heavy (non-hydrogen) atoms. The zero-order chi connectivity index (χ0) is 14.8. The van der Waals surface area contributed by atoms with E-state index >= 15 is 0 Å². The second-order valence-corrected chi connectivity index (χ2v) is 5.26. The van der Waals surface area contributed by atoms with Crippen molar-refractivity contribution in [1.82, 2.24) is 10.2 Å². The summed E-state index contributed by atoms with van der Waals surface area (Å²) in [5.74, 6) is -0.616. The van der Waals surface area contributed by atoms with Gasteiger partial charge in [-0.15, -0.1) is 24.8 Å². The van der Waals surface area contributed by atoms with Gasteiger partial charge in [0.25, 0.3) is 0 Å². The molecular formula is C13H17Cl3F4N2. The number of hydrogen-bond donors (Lipinski definition) is 1. The molecule has 0 unspecified atom stereocenters. The van der Waals surface area contributed by atoms with E-state index in [2.05, 4.69) is 5.32 Å². The highest BCUT2D eigenvalue weighted by Crippen LogP contribution is 2.35. The topological polar surface area (TPSA) is 15.3 Å². The third-order valence-electron chi connectivity index (χ3n) is 3.29. The van der Waals surface area contributed by atoms with E-state index in [1.807, 2.05) is 0 Å². The maximum Gasteiger partial charge on any atom is 0.390 e. The lowest BCUT2D eigenvalue weighted by molar-refractivity contribution is -0.148. The Balaban J connectivity index is 0.00000220. The van der Waals surface area contributed by atoms with Crippen LogP contribution in [0.15, 0.2) is 18.2 Å². The molecular weight excluding hydrogens is 367 g/mol. The van der Waals surface area contributed by atoms with E-state index in [4.69, 9.17) is 11.6 Å². The first-order chi connectivity index (χ1) is 9.35. The Labute approximate surface area is 144 Å². The van der Waals surface area contributed by atoms with Gasteiger partial charge in [-0.05, 0) is 23.8 Å². The molecule has 1 aliphatic rings. The molecule has 1 atom stereocenters. The van der Waals surface area contributed by atoms with Gasteiger partial charge in [-0.1, -0.05) is 11.6 Å². The average molecular weight is 384 g/mol. The lowest BCUT2D eigenvalue weighted by Crippen LogP contribution is -2.46. The molecule has 128 valence electrons. The number of halogens is 7. The Bertz CT molecular complexity index is 445. The molecule has 0 spiro atoms. The highest BCUT2D eigenvalue weighted by Gasteiger charge is 2.36. The monoisotopic (exact) mass is 382 g/mol. The van der Waals surface area contributed by atoms with Crippen molar-refractivity contribution < 1.29 is 17.6 Å². The first kappa shape index (κ1) is 21.7. The summed E-state index contributed by atoms with van der Waals surface area (Å²) in [7, 11) is 0. The molecule has 0 aliphatic carbocycles. The maximum atomic E-state index is 13.4. The predicted octanol–water partition coefficient (Wildman–Crippen LogP) is 4.22. The molecule has 1 aromatic carbocycles. The lowest BCUT2D eigenvalue weighted by atomic mass is 10.0. The van der Waals surface area contributed by atoms with Crippen LogP contribution in [0.4, 0.5) is 17.6 Å². The highest BCUT2D eigenvalue weighted by molar-refractivity contribution is 6.30. The van der Waals surface area contributed by atoms with Gasteiger partial charge >= 0.3 is 6.18 Å². The SMILES string of the molecule is Cl.Cl.Fc1cc(Cl)cc([C@@H](CC(F)(F)F)N2CCNCC2)c1. The summed E-state index contributed by atoms with van der Waals surface area (Å²) in [6.45, 7) is 2.23. The Morgan fingerprint density at radius 1 is 1.14 bits per heavy atom. The van der Waals surface area contributed by atoms with E-state index in [0.29, 0.717) is 26.2 Å². The molecule has 2 nitrogen and oxygen atoms in total. The van der Waals surface area contributed by atoms with Crippen molar-refractivity contribution in [2.24, 2.45) is 0 Å². The first-order valence-electron chi connectivity index (χ1n) is 6.33. The number of nitrogens with one attached hydrogen (secondary N) is 1. The maximum absolute atomic E-state index is 13.4. The van der Waals surface area contributed by atoms with Crippen LogP contribution in [-0.2, 0) is 0 Å². The molecule has 1 heterocycles. The molecule has 2 rings (SSSR count). The van der Waals surface area contributed by atoms with Crippen LogP contribution in [0, 0.1) is 5.82 Å². The average Bonchev–Trinajstić information content (AvgIpc) is 2.35. The van der Waals surface area contributed by atoms with Crippen molar-refractivity contribution in [2.45, 2.75) is 18.6 Å². The van der Waals surface area contributed by atoms with Gasteiger partial charge in [0, 0.05) is 37.2 Å². The molecule has 1 fully saturated rings. The van der Waals surface area contributed by atoms with E-state index in [1.165, 1.54) is 6.07 Å². The lowest BCUT2D eigenvalue weighted by Gasteiger charge is -2.35. The van der Waals surface area contributed by atoms with Crippen LogP contribution < -0.4 is 5.32 Å². The van der Waals surface area contributed by atoms with Gasteiger partial charge in [-0.3, -0.25) is 4.90 Å². The second kappa shape index (κ2) is 9.13. The number of hydrogen-bond acceptors (Lipinski definition) is 2. The molecule has 0 amide bonds. The Hall–Kier alpha value is -0.270. The van der Waals surface area contributed by atoms with Crippen molar-refractivity contribution in [3.05, 3.63) is 34.6 Å². The van der Waals surface area contributed by atoms with E-state index < -0.39 is 24.5 Å². The van der Waals surface area contributed by atoms with Gasteiger partial charge in [0.2, 0.25) is 0 Å². The summed E-state index contributed by atoms with van der Waals surface area (Å²) in [6, 6.07) is 2.73. The fourth-order valence-electron chi connectivity index (χ4n) is 2.44. The van der Waals surface area contributed by atoms with Crippen LogP contribution in [0.3, 0.4) is 0 Å². The van der Waals surface area contributed by atoms with Crippen molar-refractivity contribution in [2.75, 3.05) is 26.2 Å². The third-order valence-corrected chi connectivity index (χ3v) is 3.51. The molecule has 0 radical (unpaired) electrons. The number of nitrogens with zero attached hydrogens (tertiary/aromatic N) is 1. The highest BCUT2D eigenvalue weighted by atomic mass is 35.5. The van der Waals surface area contributed by atoms with Crippen LogP contribution >= 0.6 is 36.4 Å². The van der Waals surface area contributed by atoms with Gasteiger partial charge in [0.1, 0.15) is 5.82 Å². The normalized spacial score (nSPS) is 17.3. The van der Waals surface area contributed by atoms with Gasteiger partial charge < -0.3 is 5.32 Å². The van der Waals surface area contributed by atoms with E-state index in [0.717, 1.165) is 12.1 Å². The van der Waals surface area contributed by atoms with Gasteiger partial charge in [-0.2, -0.15) is 13.2 Å². The Morgan fingerprint density at radius 2 is 1.73 bits per heavy atom. The van der Waals surface area contributed by atoms with Crippen LogP contribution in [-0.4, -0.2) is 37.3 Å². The summed E-state index contributed by atoms with van der Waals surface area (Å²) in [6.07, 6.45) is -5.32. The van der Waals surface area contributed by atoms with Crippen molar-refractivity contribution in [1.29, 1.82) is 0 Å². The fourth-order valence-corrected chi connectivity index (χ4v) is 2.67. The Morgan fingerprint density at radius 3 is 2.23 bits per heavy atom.